The number of hydrogen-bond acceptors (Lipinski definition) is 3. The number of rotatable bonds is 4. The molecule has 1 aromatic rings. The third-order valence-corrected chi connectivity index (χ3v) is 4.87. The van der Waals surface area contributed by atoms with Gasteiger partial charge in [0.25, 0.3) is 0 Å². The van der Waals surface area contributed by atoms with E-state index in [9.17, 15) is 0 Å². The van der Waals surface area contributed by atoms with Gasteiger partial charge in [-0.15, -0.1) is 0 Å². The number of hydrogen-bond donors (Lipinski definition) is 1. The molecular formula is C17H27N3. The molecule has 0 saturated carbocycles. The first-order chi connectivity index (χ1) is 9.74. The minimum absolute atomic E-state index is 0.697. The van der Waals surface area contributed by atoms with Crippen LogP contribution in [0.25, 0.3) is 0 Å². The Balaban J connectivity index is 1.47. The Kier molecular flexibility index (Phi) is 4.27. The monoisotopic (exact) mass is 273 g/mol. The van der Waals surface area contributed by atoms with Gasteiger partial charge >= 0.3 is 0 Å². The van der Waals surface area contributed by atoms with E-state index in [2.05, 4.69) is 53.2 Å². The summed E-state index contributed by atoms with van der Waals surface area (Å²) in [4.78, 5) is 5.22. The van der Waals surface area contributed by atoms with Crippen LogP contribution in [0.2, 0.25) is 0 Å². The van der Waals surface area contributed by atoms with E-state index in [0.29, 0.717) is 12.0 Å². The smallest absolute Gasteiger partial charge is 0.0376 e. The van der Waals surface area contributed by atoms with Gasteiger partial charge in [-0.05, 0) is 38.4 Å². The van der Waals surface area contributed by atoms with Crippen molar-refractivity contribution in [3.8, 4) is 0 Å². The van der Waals surface area contributed by atoms with Crippen LogP contribution in [0.5, 0.6) is 0 Å². The lowest BCUT2D eigenvalue weighted by molar-refractivity contribution is 0.106. The quantitative estimate of drug-likeness (QED) is 0.910. The number of anilines is 1. The summed E-state index contributed by atoms with van der Waals surface area (Å²) < 4.78 is 0. The Morgan fingerprint density at radius 1 is 1.15 bits per heavy atom. The van der Waals surface area contributed by atoms with Gasteiger partial charge < -0.3 is 10.2 Å². The van der Waals surface area contributed by atoms with E-state index >= 15 is 0 Å². The summed E-state index contributed by atoms with van der Waals surface area (Å²) in [5.41, 5.74) is 2.87. The SMILES string of the molecule is CC(C)N1CCN(CCC2CNc3ccccc32)CC1. The second-order valence-corrected chi connectivity index (χ2v) is 6.43. The van der Waals surface area contributed by atoms with Crippen molar-refractivity contribution in [2.75, 3.05) is 44.6 Å². The number of piperazine rings is 1. The van der Waals surface area contributed by atoms with Crippen molar-refractivity contribution in [3.63, 3.8) is 0 Å². The zero-order chi connectivity index (χ0) is 13.9. The summed E-state index contributed by atoms with van der Waals surface area (Å²) in [6, 6.07) is 9.48. The molecule has 2 aliphatic heterocycles. The van der Waals surface area contributed by atoms with E-state index in [1.165, 1.54) is 50.4 Å². The van der Waals surface area contributed by atoms with Crippen molar-refractivity contribution in [3.05, 3.63) is 29.8 Å². The van der Waals surface area contributed by atoms with Crippen LogP contribution in [0.15, 0.2) is 24.3 Å². The second-order valence-electron chi connectivity index (χ2n) is 6.43. The Hall–Kier alpha value is -1.06. The molecular weight excluding hydrogens is 246 g/mol. The maximum atomic E-state index is 3.53. The third-order valence-electron chi connectivity index (χ3n) is 4.87. The lowest BCUT2D eigenvalue weighted by Gasteiger charge is -2.37. The Bertz CT molecular complexity index is 436. The lowest BCUT2D eigenvalue weighted by atomic mass is 9.97. The van der Waals surface area contributed by atoms with E-state index in [4.69, 9.17) is 0 Å². The molecule has 20 heavy (non-hydrogen) atoms. The molecule has 1 aromatic carbocycles. The van der Waals surface area contributed by atoms with Crippen LogP contribution in [-0.4, -0.2) is 55.1 Å². The lowest BCUT2D eigenvalue weighted by Crippen LogP contribution is -2.49. The first-order valence-electron chi connectivity index (χ1n) is 8.03. The molecule has 1 atom stereocenters. The van der Waals surface area contributed by atoms with Gasteiger partial charge in [-0.25, -0.2) is 0 Å². The van der Waals surface area contributed by atoms with Gasteiger partial charge in [0.2, 0.25) is 0 Å². The maximum Gasteiger partial charge on any atom is 0.0376 e. The molecule has 0 spiro atoms. The zero-order valence-electron chi connectivity index (χ0n) is 12.8. The molecule has 0 radical (unpaired) electrons. The molecule has 1 saturated heterocycles. The largest absolute Gasteiger partial charge is 0.384 e. The molecule has 3 rings (SSSR count). The molecule has 3 heteroatoms. The van der Waals surface area contributed by atoms with Crippen molar-refractivity contribution < 1.29 is 0 Å². The van der Waals surface area contributed by atoms with Gasteiger partial charge in [0.05, 0.1) is 0 Å². The minimum Gasteiger partial charge on any atom is -0.384 e. The maximum absolute atomic E-state index is 3.53. The summed E-state index contributed by atoms with van der Waals surface area (Å²) in [5, 5.41) is 3.53. The van der Waals surface area contributed by atoms with Gasteiger partial charge in [-0.1, -0.05) is 18.2 Å². The van der Waals surface area contributed by atoms with Gasteiger partial charge in [0.15, 0.2) is 0 Å². The highest BCUT2D eigenvalue weighted by atomic mass is 15.3. The Morgan fingerprint density at radius 2 is 1.90 bits per heavy atom. The number of fused-ring (bicyclic) bond motifs is 1. The van der Waals surface area contributed by atoms with Crippen LogP contribution in [0.4, 0.5) is 5.69 Å². The first kappa shape index (κ1) is 13.9. The number of nitrogens with zero attached hydrogens (tertiary/aromatic N) is 2. The number of benzene rings is 1. The van der Waals surface area contributed by atoms with E-state index in [-0.39, 0.29) is 0 Å². The summed E-state index contributed by atoms with van der Waals surface area (Å²) in [5.74, 6) is 0.703. The summed E-state index contributed by atoms with van der Waals surface area (Å²) in [6.07, 6.45) is 1.28. The Labute approximate surface area is 123 Å². The molecule has 110 valence electrons. The van der Waals surface area contributed by atoms with Crippen LogP contribution in [0.1, 0.15) is 31.7 Å². The van der Waals surface area contributed by atoms with Crippen LogP contribution in [0.3, 0.4) is 0 Å². The van der Waals surface area contributed by atoms with Gasteiger partial charge in [-0.3, -0.25) is 4.90 Å². The van der Waals surface area contributed by atoms with E-state index in [0.717, 1.165) is 6.54 Å². The van der Waals surface area contributed by atoms with E-state index in [1.807, 2.05) is 0 Å². The highest BCUT2D eigenvalue weighted by molar-refractivity contribution is 5.57. The minimum atomic E-state index is 0.697. The number of para-hydroxylation sites is 1. The predicted molar refractivity (Wildman–Crippen MR) is 85.4 cm³/mol. The Morgan fingerprint density at radius 3 is 2.65 bits per heavy atom. The highest BCUT2D eigenvalue weighted by Gasteiger charge is 2.23. The molecule has 1 unspecified atom stereocenters. The van der Waals surface area contributed by atoms with Crippen molar-refractivity contribution in [2.45, 2.75) is 32.2 Å². The number of nitrogens with one attached hydrogen (secondary N) is 1. The molecule has 0 aromatic heterocycles. The highest BCUT2D eigenvalue weighted by Crippen LogP contribution is 2.33. The van der Waals surface area contributed by atoms with Crippen LogP contribution in [-0.2, 0) is 0 Å². The standard InChI is InChI=1S/C17H27N3/c1-14(2)20-11-9-19(10-12-20)8-7-15-13-18-17-6-4-3-5-16(15)17/h3-6,14-15,18H,7-13H2,1-2H3. The topological polar surface area (TPSA) is 18.5 Å². The molecule has 0 bridgehead atoms. The van der Waals surface area contributed by atoms with Crippen molar-refractivity contribution in [1.82, 2.24) is 9.80 Å². The normalized spacial score (nSPS) is 23.9. The summed E-state index contributed by atoms with van der Waals surface area (Å²) >= 11 is 0. The van der Waals surface area contributed by atoms with E-state index in [1.54, 1.807) is 0 Å². The zero-order valence-corrected chi connectivity index (χ0v) is 12.8. The first-order valence-corrected chi connectivity index (χ1v) is 8.03. The summed E-state index contributed by atoms with van der Waals surface area (Å²) in [6.45, 7) is 11.9. The van der Waals surface area contributed by atoms with Crippen LogP contribution in [0, 0.1) is 0 Å². The molecule has 1 fully saturated rings. The van der Waals surface area contributed by atoms with Crippen molar-refractivity contribution in [1.29, 1.82) is 0 Å². The van der Waals surface area contributed by atoms with Crippen molar-refractivity contribution in [2.24, 2.45) is 0 Å². The fraction of sp³-hybridized carbons (Fsp3) is 0.647. The molecule has 0 amide bonds. The fourth-order valence-electron chi connectivity index (χ4n) is 3.46. The molecule has 2 aliphatic rings. The average molecular weight is 273 g/mol. The second kappa shape index (κ2) is 6.15. The molecule has 0 aliphatic carbocycles. The van der Waals surface area contributed by atoms with Gasteiger partial charge in [0.1, 0.15) is 0 Å². The molecule has 3 nitrogen and oxygen atoms in total. The fourth-order valence-corrected chi connectivity index (χ4v) is 3.46. The van der Waals surface area contributed by atoms with Crippen molar-refractivity contribution >= 4 is 5.69 Å². The molecule has 1 N–H and O–H groups in total. The van der Waals surface area contributed by atoms with Crippen LogP contribution >= 0.6 is 0 Å². The summed E-state index contributed by atoms with van der Waals surface area (Å²) in [7, 11) is 0. The third kappa shape index (κ3) is 2.99. The van der Waals surface area contributed by atoms with Gasteiger partial charge in [0, 0.05) is 50.4 Å². The predicted octanol–water partition coefficient (Wildman–Crippen LogP) is 2.61. The van der Waals surface area contributed by atoms with Gasteiger partial charge in [-0.2, -0.15) is 0 Å². The molecule has 2 heterocycles. The average Bonchev–Trinajstić information content (AvgIpc) is 2.89. The van der Waals surface area contributed by atoms with Crippen LogP contribution < -0.4 is 5.32 Å². The van der Waals surface area contributed by atoms with E-state index < -0.39 is 0 Å².